The lowest BCUT2D eigenvalue weighted by Gasteiger charge is -2.12. The van der Waals surface area contributed by atoms with Crippen molar-refractivity contribution in [2.45, 2.75) is 19.8 Å². The highest BCUT2D eigenvalue weighted by molar-refractivity contribution is 7.13. The molecule has 0 aliphatic heterocycles. The number of anilines is 1. The van der Waals surface area contributed by atoms with Crippen LogP contribution in [0.1, 0.15) is 19.8 Å². The molecule has 66 valence electrons. The molecule has 0 saturated heterocycles. The van der Waals surface area contributed by atoms with Crippen LogP contribution in [0.5, 0.6) is 0 Å². The highest BCUT2D eigenvalue weighted by Gasteiger charge is 2.10. The van der Waals surface area contributed by atoms with E-state index in [4.69, 9.17) is 0 Å². The lowest BCUT2D eigenvalue weighted by Crippen LogP contribution is -2.25. The van der Waals surface area contributed by atoms with E-state index in [1.54, 1.807) is 18.1 Å². The fraction of sp³-hybridized carbons (Fsp3) is 0.500. The molecule has 12 heavy (non-hydrogen) atoms. The van der Waals surface area contributed by atoms with E-state index in [-0.39, 0.29) is 5.91 Å². The second kappa shape index (κ2) is 4.21. The summed E-state index contributed by atoms with van der Waals surface area (Å²) in [6.45, 7) is 1.99. The molecule has 3 nitrogen and oxygen atoms in total. The van der Waals surface area contributed by atoms with E-state index in [1.807, 2.05) is 12.3 Å². The molecule has 4 heteroatoms. The molecule has 0 radical (unpaired) electrons. The summed E-state index contributed by atoms with van der Waals surface area (Å²) in [5.74, 6) is 0.132. The minimum Gasteiger partial charge on any atom is -0.291 e. The molecule has 0 unspecified atom stereocenters. The van der Waals surface area contributed by atoms with Gasteiger partial charge in [-0.05, 0) is 6.42 Å². The third kappa shape index (κ3) is 2.04. The molecule has 0 atom stereocenters. The number of carbonyl (C=O) groups excluding carboxylic acids is 1. The highest BCUT2D eigenvalue weighted by Crippen LogP contribution is 2.16. The molecule has 0 saturated carbocycles. The molecule has 0 bridgehead atoms. The number of hydrogen-bond acceptors (Lipinski definition) is 3. The first-order valence-electron chi connectivity index (χ1n) is 3.91. The van der Waals surface area contributed by atoms with Crippen LogP contribution in [0, 0.1) is 0 Å². The van der Waals surface area contributed by atoms with Crippen molar-refractivity contribution in [2.75, 3.05) is 11.9 Å². The summed E-state index contributed by atoms with van der Waals surface area (Å²) in [7, 11) is 1.76. The van der Waals surface area contributed by atoms with Crippen LogP contribution < -0.4 is 4.90 Å². The zero-order valence-electron chi connectivity index (χ0n) is 7.28. The first-order valence-corrected chi connectivity index (χ1v) is 4.79. The number of rotatable bonds is 3. The molecular formula is C8H12N2OS. The lowest BCUT2D eigenvalue weighted by atomic mass is 10.3. The third-order valence-electron chi connectivity index (χ3n) is 1.54. The predicted molar refractivity (Wildman–Crippen MR) is 50.4 cm³/mol. The molecule has 1 rings (SSSR count). The van der Waals surface area contributed by atoms with Gasteiger partial charge in [-0.3, -0.25) is 9.69 Å². The van der Waals surface area contributed by atoms with Crippen molar-refractivity contribution in [1.29, 1.82) is 0 Å². The Morgan fingerprint density at radius 1 is 1.75 bits per heavy atom. The molecule has 0 fully saturated rings. The Morgan fingerprint density at radius 2 is 2.50 bits per heavy atom. The summed E-state index contributed by atoms with van der Waals surface area (Å²) in [5.41, 5.74) is 0. The van der Waals surface area contributed by atoms with Crippen LogP contribution in [-0.4, -0.2) is 17.9 Å². The van der Waals surface area contributed by atoms with Gasteiger partial charge in [-0.15, -0.1) is 11.3 Å². The van der Waals surface area contributed by atoms with E-state index >= 15 is 0 Å². The van der Waals surface area contributed by atoms with Crippen molar-refractivity contribution in [3.05, 3.63) is 11.6 Å². The van der Waals surface area contributed by atoms with Gasteiger partial charge in [0.1, 0.15) is 0 Å². The maximum Gasteiger partial charge on any atom is 0.228 e. The summed E-state index contributed by atoms with van der Waals surface area (Å²) in [4.78, 5) is 17.0. The van der Waals surface area contributed by atoms with Gasteiger partial charge in [0.25, 0.3) is 0 Å². The zero-order valence-corrected chi connectivity index (χ0v) is 8.10. The van der Waals surface area contributed by atoms with Crippen LogP contribution in [0.2, 0.25) is 0 Å². The molecular weight excluding hydrogens is 172 g/mol. The first-order chi connectivity index (χ1) is 5.75. The van der Waals surface area contributed by atoms with E-state index in [0.29, 0.717) is 6.42 Å². The zero-order chi connectivity index (χ0) is 8.97. The van der Waals surface area contributed by atoms with E-state index in [0.717, 1.165) is 11.6 Å². The largest absolute Gasteiger partial charge is 0.291 e. The van der Waals surface area contributed by atoms with Crippen molar-refractivity contribution in [3.8, 4) is 0 Å². The highest BCUT2D eigenvalue weighted by atomic mass is 32.1. The first kappa shape index (κ1) is 9.19. The summed E-state index contributed by atoms with van der Waals surface area (Å²) >= 11 is 1.48. The Bertz CT molecular complexity index is 246. The Hall–Kier alpha value is -0.900. The van der Waals surface area contributed by atoms with Gasteiger partial charge >= 0.3 is 0 Å². The predicted octanol–water partition coefficient (Wildman–Crippen LogP) is 1.91. The van der Waals surface area contributed by atoms with E-state index < -0.39 is 0 Å². The maximum absolute atomic E-state index is 11.3. The van der Waals surface area contributed by atoms with Crippen LogP contribution in [0.4, 0.5) is 5.13 Å². The van der Waals surface area contributed by atoms with Gasteiger partial charge in [-0.2, -0.15) is 0 Å². The van der Waals surface area contributed by atoms with Crippen molar-refractivity contribution in [1.82, 2.24) is 4.98 Å². The molecule has 0 aliphatic carbocycles. The topological polar surface area (TPSA) is 33.2 Å². The Kier molecular flexibility index (Phi) is 3.22. The van der Waals surface area contributed by atoms with Crippen LogP contribution in [-0.2, 0) is 4.79 Å². The van der Waals surface area contributed by atoms with Crippen molar-refractivity contribution >= 4 is 22.4 Å². The van der Waals surface area contributed by atoms with Gasteiger partial charge in [-0.25, -0.2) is 4.98 Å². The molecule has 0 N–H and O–H groups in total. The van der Waals surface area contributed by atoms with Crippen molar-refractivity contribution in [3.63, 3.8) is 0 Å². The molecule has 0 aromatic carbocycles. The molecule has 1 amide bonds. The number of aromatic nitrogens is 1. The number of amides is 1. The van der Waals surface area contributed by atoms with Gasteiger partial charge in [0, 0.05) is 25.0 Å². The fourth-order valence-electron chi connectivity index (χ4n) is 0.870. The van der Waals surface area contributed by atoms with Gasteiger partial charge in [0.15, 0.2) is 5.13 Å². The van der Waals surface area contributed by atoms with Crippen LogP contribution in [0.15, 0.2) is 11.6 Å². The Labute approximate surface area is 76.0 Å². The smallest absolute Gasteiger partial charge is 0.228 e. The van der Waals surface area contributed by atoms with Crippen LogP contribution >= 0.6 is 11.3 Å². The fourth-order valence-corrected chi connectivity index (χ4v) is 1.49. The average molecular weight is 184 g/mol. The van der Waals surface area contributed by atoms with Gasteiger partial charge in [-0.1, -0.05) is 6.92 Å². The Balaban J connectivity index is 2.59. The maximum atomic E-state index is 11.3. The van der Waals surface area contributed by atoms with Gasteiger partial charge in [0.05, 0.1) is 0 Å². The number of thiazole rings is 1. The van der Waals surface area contributed by atoms with Gasteiger partial charge < -0.3 is 0 Å². The summed E-state index contributed by atoms with van der Waals surface area (Å²) < 4.78 is 0. The Morgan fingerprint density at radius 3 is 3.00 bits per heavy atom. The monoisotopic (exact) mass is 184 g/mol. The third-order valence-corrected chi connectivity index (χ3v) is 2.39. The average Bonchev–Trinajstić information content (AvgIpc) is 2.55. The normalized spacial score (nSPS) is 9.83. The second-order valence-corrected chi connectivity index (χ2v) is 3.39. The van der Waals surface area contributed by atoms with Gasteiger partial charge in [0.2, 0.25) is 5.91 Å². The summed E-state index contributed by atoms with van der Waals surface area (Å²) in [6, 6.07) is 0. The molecule has 1 aromatic rings. The van der Waals surface area contributed by atoms with E-state index in [2.05, 4.69) is 4.98 Å². The minimum atomic E-state index is 0.132. The van der Waals surface area contributed by atoms with Crippen LogP contribution in [0.25, 0.3) is 0 Å². The SMILES string of the molecule is CCCC(=O)N(C)c1nccs1. The standard InChI is InChI=1S/C8H12N2OS/c1-3-4-7(11)10(2)8-9-5-6-12-8/h5-6H,3-4H2,1-2H3. The van der Waals surface area contributed by atoms with Crippen molar-refractivity contribution in [2.24, 2.45) is 0 Å². The van der Waals surface area contributed by atoms with E-state index in [1.165, 1.54) is 11.3 Å². The van der Waals surface area contributed by atoms with E-state index in [9.17, 15) is 4.79 Å². The van der Waals surface area contributed by atoms with Crippen LogP contribution in [0.3, 0.4) is 0 Å². The lowest BCUT2D eigenvalue weighted by molar-refractivity contribution is -0.118. The molecule has 1 heterocycles. The number of carbonyl (C=O) groups is 1. The van der Waals surface area contributed by atoms with Crippen molar-refractivity contribution < 1.29 is 4.79 Å². The summed E-state index contributed by atoms with van der Waals surface area (Å²) in [5, 5.41) is 2.64. The quantitative estimate of drug-likeness (QED) is 0.719. The summed E-state index contributed by atoms with van der Waals surface area (Å²) in [6.07, 6.45) is 3.18. The molecule has 0 spiro atoms. The second-order valence-electron chi connectivity index (χ2n) is 2.52. The molecule has 1 aromatic heterocycles. The minimum absolute atomic E-state index is 0.132. The number of nitrogens with zero attached hydrogens (tertiary/aromatic N) is 2. The number of hydrogen-bond donors (Lipinski definition) is 0. The molecule has 0 aliphatic rings.